The third kappa shape index (κ3) is 3.72. The molecular formula is C21H24N4O. The first-order chi connectivity index (χ1) is 12.7. The van der Waals surface area contributed by atoms with Gasteiger partial charge in [0, 0.05) is 37.9 Å². The molecule has 1 aromatic heterocycles. The summed E-state index contributed by atoms with van der Waals surface area (Å²) in [5.74, 6) is 0.793. The van der Waals surface area contributed by atoms with Crippen LogP contribution >= 0.6 is 0 Å². The molecular weight excluding hydrogens is 324 g/mol. The summed E-state index contributed by atoms with van der Waals surface area (Å²) in [7, 11) is 2.06. The van der Waals surface area contributed by atoms with Gasteiger partial charge in [0.15, 0.2) is 0 Å². The smallest absolute Gasteiger partial charge is 0.220 e. The molecule has 1 aliphatic carbocycles. The van der Waals surface area contributed by atoms with Crippen LogP contribution in [0, 0.1) is 5.92 Å². The van der Waals surface area contributed by atoms with Crippen molar-refractivity contribution in [2.75, 3.05) is 18.5 Å². The number of hydrogen-bond acceptors (Lipinski definition) is 3. The Morgan fingerprint density at radius 2 is 2.00 bits per heavy atom. The van der Waals surface area contributed by atoms with E-state index in [1.54, 1.807) is 0 Å². The van der Waals surface area contributed by atoms with Crippen LogP contribution in [0.5, 0.6) is 0 Å². The molecule has 0 spiro atoms. The van der Waals surface area contributed by atoms with Crippen molar-refractivity contribution in [3.05, 3.63) is 54.9 Å². The maximum atomic E-state index is 11.8. The molecule has 1 amide bonds. The average Bonchev–Trinajstić information content (AvgIpc) is 3.39. The molecule has 0 aliphatic heterocycles. The Morgan fingerprint density at radius 1 is 1.19 bits per heavy atom. The number of carbonyl (C=O) groups excluding carboxylic acids is 1. The molecule has 3 aromatic rings. The van der Waals surface area contributed by atoms with Gasteiger partial charge in [0.2, 0.25) is 5.91 Å². The summed E-state index contributed by atoms with van der Waals surface area (Å²) in [6.07, 6.45) is 4.94. The molecule has 0 atom stereocenters. The zero-order valence-corrected chi connectivity index (χ0v) is 15.1. The minimum atomic E-state index is 0.168. The van der Waals surface area contributed by atoms with E-state index in [-0.39, 0.29) is 5.91 Å². The molecule has 5 nitrogen and oxygen atoms in total. The quantitative estimate of drug-likeness (QED) is 0.708. The van der Waals surface area contributed by atoms with E-state index in [0.29, 0.717) is 18.9 Å². The van der Waals surface area contributed by atoms with E-state index >= 15 is 0 Å². The fourth-order valence-corrected chi connectivity index (χ4v) is 3.20. The number of imidazole rings is 1. The molecule has 0 bridgehead atoms. The maximum absolute atomic E-state index is 11.8. The van der Waals surface area contributed by atoms with Gasteiger partial charge in [-0.15, -0.1) is 0 Å². The SMILES string of the molecule is CN(c1ccccc1)c1ccc2ncn(CCNC(=O)CC3CC3)c2c1. The minimum Gasteiger partial charge on any atom is -0.354 e. The Morgan fingerprint density at radius 3 is 2.77 bits per heavy atom. The van der Waals surface area contributed by atoms with Gasteiger partial charge in [-0.25, -0.2) is 4.98 Å². The van der Waals surface area contributed by atoms with Crippen LogP contribution in [0.25, 0.3) is 11.0 Å². The number of carbonyl (C=O) groups is 1. The van der Waals surface area contributed by atoms with Gasteiger partial charge in [-0.3, -0.25) is 4.79 Å². The molecule has 26 heavy (non-hydrogen) atoms. The fraction of sp³-hybridized carbons (Fsp3) is 0.333. The summed E-state index contributed by atoms with van der Waals surface area (Å²) < 4.78 is 2.11. The highest BCUT2D eigenvalue weighted by molar-refractivity contribution is 5.81. The normalized spacial score (nSPS) is 13.7. The highest BCUT2D eigenvalue weighted by Gasteiger charge is 2.24. The number of amides is 1. The lowest BCUT2D eigenvalue weighted by molar-refractivity contribution is -0.121. The number of nitrogens with zero attached hydrogens (tertiary/aromatic N) is 3. The Kier molecular flexibility index (Phi) is 4.61. The van der Waals surface area contributed by atoms with Crippen molar-refractivity contribution in [1.82, 2.24) is 14.9 Å². The van der Waals surface area contributed by atoms with Crippen LogP contribution in [0.15, 0.2) is 54.9 Å². The van der Waals surface area contributed by atoms with Gasteiger partial charge in [-0.05, 0) is 49.1 Å². The predicted molar refractivity (Wildman–Crippen MR) is 105 cm³/mol. The number of aromatic nitrogens is 2. The molecule has 0 saturated heterocycles. The van der Waals surface area contributed by atoms with Gasteiger partial charge in [0.25, 0.3) is 0 Å². The monoisotopic (exact) mass is 348 g/mol. The van der Waals surface area contributed by atoms with Crippen molar-refractivity contribution in [1.29, 1.82) is 0 Å². The fourth-order valence-electron chi connectivity index (χ4n) is 3.20. The van der Waals surface area contributed by atoms with Crippen molar-refractivity contribution < 1.29 is 4.79 Å². The van der Waals surface area contributed by atoms with Crippen LogP contribution in [-0.2, 0) is 11.3 Å². The molecule has 0 radical (unpaired) electrons. The highest BCUT2D eigenvalue weighted by atomic mass is 16.1. The van der Waals surface area contributed by atoms with E-state index in [0.717, 1.165) is 29.0 Å². The molecule has 2 aromatic carbocycles. The maximum Gasteiger partial charge on any atom is 0.220 e. The highest BCUT2D eigenvalue weighted by Crippen LogP contribution is 2.32. The number of para-hydroxylation sites is 1. The van der Waals surface area contributed by atoms with Gasteiger partial charge >= 0.3 is 0 Å². The Balaban J connectivity index is 1.46. The van der Waals surface area contributed by atoms with E-state index in [1.165, 1.54) is 12.8 Å². The van der Waals surface area contributed by atoms with Crippen molar-refractivity contribution in [2.24, 2.45) is 5.92 Å². The number of nitrogens with one attached hydrogen (secondary N) is 1. The number of benzene rings is 2. The second-order valence-corrected chi connectivity index (χ2v) is 7.00. The van der Waals surface area contributed by atoms with E-state index in [1.807, 2.05) is 30.6 Å². The minimum absolute atomic E-state index is 0.168. The van der Waals surface area contributed by atoms with Gasteiger partial charge < -0.3 is 14.8 Å². The summed E-state index contributed by atoms with van der Waals surface area (Å²) in [4.78, 5) is 18.5. The Bertz CT molecular complexity index is 899. The lowest BCUT2D eigenvalue weighted by Crippen LogP contribution is -2.27. The van der Waals surface area contributed by atoms with Crippen molar-refractivity contribution in [3.63, 3.8) is 0 Å². The van der Waals surface area contributed by atoms with E-state index in [4.69, 9.17) is 0 Å². The predicted octanol–water partition coefficient (Wildman–Crippen LogP) is 3.72. The third-order valence-electron chi connectivity index (χ3n) is 4.98. The van der Waals surface area contributed by atoms with Crippen molar-refractivity contribution in [3.8, 4) is 0 Å². The lowest BCUT2D eigenvalue weighted by atomic mass is 10.2. The van der Waals surface area contributed by atoms with E-state index in [2.05, 4.69) is 51.1 Å². The second kappa shape index (κ2) is 7.20. The van der Waals surface area contributed by atoms with Crippen LogP contribution in [0.1, 0.15) is 19.3 Å². The molecule has 4 rings (SSSR count). The van der Waals surface area contributed by atoms with Crippen LogP contribution in [0.4, 0.5) is 11.4 Å². The molecule has 5 heteroatoms. The number of fused-ring (bicyclic) bond motifs is 1. The molecule has 1 N–H and O–H groups in total. The van der Waals surface area contributed by atoms with Crippen LogP contribution in [0.2, 0.25) is 0 Å². The molecule has 134 valence electrons. The molecule has 1 saturated carbocycles. The van der Waals surface area contributed by atoms with Crippen molar-refractivity contribution >= 4 is 28.3 Å². The number of anilines is 2. The van der Waals surface area contributed by atoms with Crippen molar-refractivity contribution in [2.45, 2.75) is 25.8 Å². The summed E-state index contributed by atoms with van der Waals surface area (Å²) in [5.41, 5.74) is 4.31. The molecule has 1 heterocycles. The molecule has 1 aliphatic rings. The topological polar surface area (TPSA) is 50.2 Å². The Hall–Kier alpha value is -2.82. The Labute approximate surface area is 153 Å². The van der Waals surface area contributed by atoms with Gasteiger partial charge in [0.05, 0.1) is 17.4 Å². The van der Waals surface area contributed by atoms with Crippen LogP contribution in [-0.4, -0.2) is 29.1 Å². The lowest BCUT2D eigenvalue weighted by Gasteiger charge is -2.19. The summed E-state index contributed by atoms with van der Waals surface area (Å²) >= 11 is 0. The first-order valence-electron chi connectivity index (χ1n) is 9.21. The number of rotatable bonds is 7. The van der Waals surface area contributed by atoms with Crippen LogP contribution < -0.4 is 10.2 Å². The zero-order chi connectivity index (χ0) is 17.9. The standard InChI is InChI=1S/C21H24N4O/c1-24(17-5-3-2-4-6-17)18-9-10-19-20(14-18)25(15-23-19)12-11-22-21(26)13-16-7-8-16/h2-6,9-10,14-16H,7-8,11-13H2,1H3,(H,22,26). The first kappa shape index (κ1) is 16.6. The first-order valence-corrected chi connectivity index (χ1v) is 9.21. The third-order valence-corrected chi connectivity index (χ3v) is 4.98. The molecule has 1 fully saturated rings. The van der Waals surface area contributed by atoms with Gasteiger partial charge in [-0.2, -0.15) is 0 Å². The largest absolute Gasteiger partial charge is 0.354 e. The van der Waals surface area contributed by atoms with Crippen LogP contribution in [0.3, 0.4) is 0 Å². The van der Waals surface area contributed by atoms with Gasteiger partial charge in [-0.1, -0.05) is 18.2 Å². The summed E-state index contributed by atoms with van der Waals surface area (Å²) in [6.45, 7) is 1.36. The van der Waals surface area contributed by atoms with E-state index < -0.39 is 0 Å². The number of hydrogen-bond donors (Lipinski definition) is 1. The van der Waals surface area contributed by atoms with Gasteiger partial charge in [0.1, 0.15) is 0 Å². The second-order valence-electron chi connectivity index (χ2n) is 7.00. The zero-order valence-electron chi connectivity index (χ0n) is 15.1. The summed E-state index contributed by atoms with van der Waals surface area (Å²) in [5, 5.41) is 3.02. The average molecular weight is 348 g/mol. The summed E-state index contributed by atoms with van der Waals surface area (Å²) in [6, 6.07) is 16.6. The van der Waals surface area contributed by atoms with E-state index in [9.17, 15) is 4.79 Å². The molecule has 0 unspecified atom stereocenters.